The summed E-state index contributed by atoms with van der Waals surface area (Å²) in [5.41, 5.74) is 0.0784. The summed E-state index contributed by atoms with van der Waals surface area (Å²) >= 11 is 0. The molecule has 1 aliphatic rings. The summed E-state index contributed by atoms with van der Waals surface area (Å²) in [5, 5.41) is 3.35. The van der Waals surface area contributed by atoms with E-state index in [9.17, 15) is 4.79 Å². The van der Waals surface area contributed by atoms with E-state index in [1.54, 1.807) is 12.3 Å². The van der Waals surface area contributed by atoms with Gasteiger partial charge in [-0.3, -0.25) is 0 Å². The van der Waals surface area contributed by atoms with Crippen molar-refractivity contribution in [3.8, 4) is 0 Å². The first kappa shape index (κ1) is 14.8. The smallest absolute Gasteiger partial charge is 0.338 e. The van der Waals surface area contributed by atoms with Crippen LogP contribution in [0.15, 0.2) is 18.3 Å². The van der Waals surface area contributed by atoms with Gasteiger partial charge >= 0.3 is 5.97 Å². The zero-order valence-corrected chi connectivity index (χ0v) is 12.5. The molecule has 0 aliphatic carbocycles. The molecule has 2 heterocycles. The molecule has 1 N–H and O–H groups in total. The number of aromatic nitrogens is 1. The van der Waals surface area contributed by atoms with E-state index in [1.165, 1.54) is 0 Å². The van der Waals surface area contributed by atoms with Crippen molar-refractivity contribution in [1.82, 2.24) is 10.3 Å². The number of nitrogens with zero attached hydrogens (tertiary/aromatic N) is 2. The average Bonchev–Trinajstić information content (AvgIpc) is 2.66. The molecule has 0 bridgehead atoms. The number of carbonyl (C=O) groups excluding carboxylic acids is 1. The molecule has 1 fully saturated rings. The van der Waals surface area contributed by atoms with E-state index in [0.717, 1.165) is 38.4 Å². The van der Waals surface area contributed by atoms with Gasteiger partial charge in [0, 0.05) is 25.8 Å². The quantitative estimate of drug-likeness (QED) is 0.836. The Hall–Kier alpha value is -1.62. The monoisotopic (exact) mass is 277 g/mol. The lowest BCUT2D eigenvalue weighted by Gasteiger charge is -2.22. The van der Waals surface area contributed by atoms with Crippen LogP contribution in [0.25, 0.3) is 0 Å². The summed E-state index contributed by atoms with van der Waals surface area (Å²) in [6.07, 6.45) is 2.76. The van der Waals surface area contributed by atoms with Crippen molar-refractivity contribution >= 4 is 11.8 Å². The van der Waals surface area contributed by atoms with Crippen LogP contribution >= 0.6 is 0 Å². The summed E-state index contributed by atoms with van der Waals surface area (Å²) in [5.74, 6) is 0.547. The van der Waals surface area contributed by atoms with Gasteiger partial charge in [-0.1, -0.05) is 0 Å². The van der Waals surface area contributed by atoms with Gasteiger partial charge in [0.05, 0.1) is 5.56 Å². The molecule has 5 heteroatoms. The molecule has 1 aromatic rings. The Morgan fingerprint density at radius 2 is 2.15 bits per heavy atom. The molecule has 0 aromatic carbocycles. The Morgan fingerprint density at radius 3 is 2.90 bits per heavy atom. The molecule has 0 unspecified atom stereocenters. The highest BCUT2D eigenvalue weighted by molar-refractivity contribution is 5.90. The molecule has 110 valence electrons. The zero-order valence-electron chi connectivity index (χ0n) is 12.5. The Labute approximate surface area is 120 Å². The lowest BCUT2D eigenvalue weighted by atomic mass is 10.2. The summed E-state index contributed by atoms with van der Waals surface area (Å²) in [6.45, 7) is 9.44. The summed E-state index contributed by atoms with van der Waals surface area (Å²) in [4.78, 5) is 18.7. The van der Waals surface area contributed by atoms with Crippen molar-refractivity contribution in [3.63, 3.8) is 0 Å². The highest BCUT2D eigenvalue weighted by Crippen LogP contribution is 2.17. The molecule has 0 radical (unpaired) electrons. The average molecular weight is 277 g/mol. The van der Waals surface area contributed by atoms with Crippen molar-refractivity contribution in [2.24, 2.45) is 0 Å². The summed E-state index contributed by atoms with van der Waals surface area (Å²) in [7, 11) is 0. The highest BCUT2D eigenvalue weighted by atomic mass is 16.6. The summed E-state index contributed by atoms with van der Waals surface area (Å²) in [6, 6.07) is 3.52. The maximum Gasteiger partial charge on any atom is 0.338 e. The number of carbonyl (C=O) groups is 1. The minimum Gasteiger partial charge on any atom is -0.456 e. The Bertz CT molecular complexity index is 460. The van der Waals surface area contributed by atoms with Crippen LogP contribution in [-0.4, -0.2) is 42.7 Å². The van der Waals surface area contributed by atoms with Crippen molar-refractivity contribution in [2.45, 2.75) is 32.8 Å². The summed E-state index contributed by atoms with van der Waals surface area (Å²) < 4.78 is 5.39. The molecule has 0 spiro atoms. The van der Waals surface area contributed by atoms with Gasteiger partial charge in [-0.05, 0) is 45.9 Å². The number of nitrogens with one attached hydrogen (secondary N) is 1. The van der Waals surface area contributed by atoms with E-state index < -0.39 is 5.60 Å². The molecule has 1 saturated heterocycles. The van der Waals surface area contributed by atoms with Crippen molar-refractivity contribution < 1.29 is 9.53 Å². The van der Waals surface area contributed by atoms with Crippen molar-refractivity contribution in [3.05, 3.63) is 23.9 Å². The maximum absolute atomic E-state index is 12.1. The van der Waals surface area contributed by atoms with Crippen molar-refractivity contribution in [1.29, 1.82) is 0 Å². The molecule has 2 rings (SSSR count). The fourth-order valence-corrected chi connectivity index (χ4v) is 2.13. The zero-order chi connectivity index (χ0) is 14.6. The molecule has 0 saturated carbocycles. The normalized spacial score (nSPS) is 16.6. The van der Waals surface area contributed by atoms with E-state index in [-0.39, 0.29) is 5.97 Å². The molecular formula is C15H23N3O2. The van der Waals surface area contributed by atoms with Gasteiger partial charge in [0.2, 0.25) is 0 Å². The van der Waals surface area contributed by atoms with Crippen LogP contribution < -0.4 is 10.2 Å². The molecular weight excluding hydrogens is 254 g/mol. The third kappa shape index (κ3) is 4.20. The molecule has 20 heavy (non-hydrogen) atoms. The molecule has 0 amide bonds. The van der Waals surface area contributed by atoms with Crippen LogP contribution in [0.5, 0.6) is 0 Å². The van der Waals surface area contributed by atoms with E-state index in [4.69, 9.17) is 4.74 Å². The van der Waals surface area contributed by atoms with E-state index in [2.05, 4.69) is 15.2 Å². The SMILES string of the molecule is CC(C)(C)OC(=O)c1ccnc(N2CCCNCC2)c1. The lowest BCUT2D eigenvalue weighted by molar-refractivity contribution is 0.00694. The molecule has 5 nitrogen and oxygen atoms in total. The number of hydrogen-bond acceptors (Lipinski definition) is 5. The number of rotatable bonds is 2. The second kappa shape index (κ2) is 6.22. The van der Waals surface area contributed by atoms with Gasteiger partial charge < -0.3 is 15.0 Å². The predicted molar refractivity (Wildman–Crippen MR) is 79.1 cm³/mol. The standard InChI is InChI=1S/C15H23N3O2/c1-15(2,3)20-14(19)12-5-7-17-13(11-12)18-9-4-6-16-8-10-18/h5,7,11,16H,4,6,8-10H2,1-3H3. The van der Waals surface area contributed by atoms with Crippen molar-refractivity contribution in [2.75, 3.05) is 31.1 Å². The first-order valence-corrected chi connectivity index (χ1v) is 7.11. The molecule has 1 aromatic heterocycles. The van der Waals surface area contributed by atoms with Crippen LogP contribution in [0.2, 0.25) is 0 Å². The first-order chi connectivity index (χ1) is 9.46. The number of hydrogen-bond donors (Lipinski definition) is 1. The molecule has 1 aliphatic heterocycles. The minimum atomic E-state index is -0.479. The van der Waals surface area contributed by atoms with E-state index >= 15 is 0 Å². The van der Waals surface area contributed by atoms with Crippen LogP contribution in [0, 0.1) is 0 Å². The molecule has 0 atom stereocenters. The second-order valence-electron chi connectivity index (χ2n) is 6.00. The number of esters is 1. The van der Waals surface area contributed by atoms with Crippen LogP contribution in [-0.2, 0) is 4.74 Å². The van der Waals surface area contributed by atoms with Crippen LogP contribution in [0.3, 0.4) is 0 Å². The fraction of sp³-hybridized carbons (Fsp3) is 0.600. The Morgan fingerprint density at radius 1 is 1.35 bits per heavy atom. The van der Waals surface area contributed by atoms with Gasteiger partial charge in [0.25, 0.3) is 0 Å². The largest absolute Gasteiger partial charge is 0.456 e. The van der Waals surface area contributed by atoms with Gasteiger partial charge in [0.1, 0.15) is 11.4 Å². The second-order valence-corrected chi connectivity index (χ2v) is 6.00. The van der Waals surface area contributed by atoms with Gasteiger partial charge in [-0.2, -0.15) is 0 Å². The lowest BCUT2D eigenvalue weighted by Crippen LogP contribution is -2.29. The number of anilines is 1. The fourth-order valence-electron chi connectivity index (χ4n) is 2.13. The Kier molecular flexibility index (Phi) is 4.60. The van der Waals surface area contributed by atoms with E-state index in [1.807, 2.05) is 26.8 Å². The third-order valence-electron chi connectivity index (χ3n) is 3.04. The van der Waals surface area contributed by atoms with Crippen LogP contribution in [0.4, 0.5) is 5.82 Å². The highest BCUT2D eigenvalue weighted by Gasteiger charge is 2.19. The van der Waals surface area contributed by atoms with Gasteiger partial charge in [-0.25, -0.2) is 9.78 Å². The minimum absolute atomic E-state index is 0.297. The van der Waals surface area contributed by atoms with Gasteiger partial charge in [-0.15, -0.1) is 0 Å². The van der Waals surface area contributed by atoms with E-state index in [0.29, 0.717) is 5.56 Å². The van der Waals surface area contributed by atoms with Crippen LogP contribution in [0.1, 0.15) is 37.6 Å². The number of pyridine rings is 1. The predicted octanol–water partition coefficient (Wildman–Crippen LogP) is 1.84. The number of ether oxygens (including phenoxy) is 1. The van der Waals surface area contributed by atoms with Gasteiger partial charge in [0.15, 0.2) is 0 Å². The first-order valence-electron chi connectivity index (χ1n) is 7.11. The maximum atomic E-state index is 12.1. The third-order valence-corrected chi connectivity index (χ3v) is 3.04. The Balaban J connectivity index is 2.12. The topological polar surface area (TPSA) is 54.5 Å².